The Kier molecular flexibility index (Phi) is 4.33. The summed E-state index contributed by atoms with van der Waals surface area (Å²) >= 11 is 0. The van der Waals surface area contributed by atoms with Crippen molar-refractivity contribution < 1.29 is 15.0 Å². The fraction of sp³-hybridized carbons (Fsp3) is 0.500. The highest BCUT2D eigenvalue weighted by Crippen LogP contribution is 2.18. The molecule has 0 amide bonds. The zero-order chi connectivity index (χ0) is 13.0. The van der Waals surface area contributed by atoms with Crippen LogP contribution in [0.25, 0.3) is 0 Å². The molecule has 0 aromatic heterocycles. The molecule has 0 aliphatic heterocycles. The van der Waals surface area contributed by atoms with Gasteiger partial charge in [0.1, 0.15) is 0 Å². The molecule has 1 aromatic rings. The fourth-order valence-electron chi connectivity index (χ4n) is 2.38. The van der Waals surface area contributed by atoms with Crippen LogP contribution < -0.4 is 5.32 Å². The highest BCUT2D eigenvalue weighted by Gasteiger charge is 2.19. The van der Waals surface area contributed by atoms with E-state index in [1.165, 1.54) is 0 Å². The quantitative estimate of drug-likeness (QED) is 0.760. The van der Waals surface area contributed by atoms with Crippen LogP contribution in [-0.4, -0.2) is 28.3 Å². The number of hydrogen-bond donors (Lipinski definition) is 3. The summed E-state index contributed by atoms with van der Waals surface area (Å²) in [5.41, 5.74) is 1.38. The SMILES string of the molecule is O=C(O)c1ccc(CNC2CCCC(O)C2)cc1. The number of benzene rings is 1. The lowest BCUT2D eigenvalue weighted by Gasteiger charge is -2.26. The average Bonchev–Trinajstić information content (AvgIpc) is 2.37. The lowest BCUT2D eigenvalue weighted by molar-refractivity contribution is 0.0696. The summed E-state index contributed by atoms with van der Waals surface area (Å²) in [5.74, 6) is -0.898. The van der Waals surface area contributed by atoms with Gasteiger partial charge in [0, 0.05) is 12.6 Å². The van der Waals surface area contributed by atoms with Crippen LogP contribution in [-0.2, 0) is 6.54 Å². The van der Waals surface area contributed by atoms with Crippen LogP contribution in [0.3, 0.4) is 0 Å². The van der Waals surface area contributed by atoms with E-state index >= 15 is 0 Å². The van der Waals surface area contributed by atoms with Gasteiger partial charge in [-0.05, 0) is 43.4 Å². The van der Waals surface area contributed by atoms with Crippen molar-refractivity contribution in [3.63, 3.8) is 0 Å². The molecule has 0 radical (unpaired) electrons. The third-order valence-corrected chi connectivity index (χ3v) is 3.44. The molecule has 1 saturated carbocycles. The van der Waals surface area contributed by atoms with Gasteiger partial charge >= 0.3 is 5.97 Å². The van der Waals surface area contributed by atoms with Crippen molar-refractivity contribution in [2.45, 2.75) is 44.4 Å². The van der Waals surface area contributed by atoms with Crippen LogP contribution in [0.15, 0.2) is 24.3 Å². The molecule has 4 nitrogen and oxygen atoms in total. The Hall–Kier alpha value is -1.39. The highest BCUT2D eigenvalue weighted by atomic mass is 16.4. The molecule has 1 aliphatic carbocycles. The summed E-state index contributed by atoms with van der Waals surface area (Å²) in [6, 6.07) is 7.27. The van der Waals surface area contributed by atoms with Crippen LogP contribution >= 0.6 is 0 Å². The highest BCUT2D eigenvalue weighted by molar-refractivity contribution is 5.87. The molecule has 18 heavy (non-hydrogen) atoms. The van der Waals surface area contributed by atoms with E-state index < -0.39 is 5.97 Å². The lowest BCUT2D eigenvalue weighted by atomic mass is 9.93. The third-order valence-electron chi connectivity index (χ3n) is 3.44. The molecular formula is C14H19NO3. The predicted molar refractivity (Wildman–Crippen MR) is 68.5 cm³/mol. The van der Waals surface area contributed by atoms with E-state index in [9.17, 15) is 9.90 Å². The molecule has 0 saturated heterocycles. The van der Waals surface area contributed by atoms with Crippen LogP contribution in [0, 0.1) is 0 Å². The van der Waals surface area contributed by atoms with Gasteiger partial charge in [0.2, 0.25) is 0 Å². The van der Waals surface area contributed by atoms with Gasteiger partial charge < -0.3 is 15.5 Å². The van der Waals surface area contributed by atoms with E-state index in [2.05, 4.69) is 5.32 Å². The van der Waals surface area contributed by atoms with Crippen molar-refractivity contribution in [2.24, 2.45) is 0 Å². The van der Waals surface area contributed by atoms with Gasteiger partial charge in [-0.3, -0.25) is 0 Å². The van der Waals surface area contributed by atoms with Gasteiger partial charge in [0.25, 0.3) is 0 Å². The van der Waals surface area contributed by atoms with Crippen LogP contribution in [0.2, 0.25) is 0 Å². The second-order valence-electron chi connectivity index (χ2n) is 4.90. The number of nitrogens with one attached hydrogen (secondary N) is 1. The maximum absolute atomic E-state index is 10.7. The maximum atomic E-state index is 10.7. The summed E-state index contributed by atoms with van der Waals surface area (Å²) < 4.78 is 0. The number of aliphatic hydroxyl groups is 1. The fourth-order valence-corrected chi connectivity index (χ4v) is 2.38. The van der Waals surface area contributed by atoms with Crippen LogP contribution in [0.4, 0.5) is 0 Å². The molecule has 4 heteroatoms. The first-order valence-electron chi connectivity index (χ1n) is 6.39. The number of aromatic carboxylic acids is 1. The summed E-state index contributed by atoms with van der Waals surface area (Å²) in [7, 11) is 0. The minimum Gasteiger partial charge on any atom is -0.478 e. The second-order valence-corrected chi connectivity index (χ2v) is 4.90. The second kappa shape index (κ2) is 5.98. The van der Waals surface area contributed by atoms with E-state index in [4.69, 9.17) is 5.11 Å². The Morgan fingerprint density at radius 3 is 2.61 bits per heavy atom. The molecule has 1 fully saturated rings. The molecule has 0 spiro atoms. The standard InChI is InChI=1S/C14H19NO3/c16-13-3-1-2-12(8-13)15-9-10-4-6-11(7-5-10)14(17)18/h4-7,12-13,15-16H,1-3,8-9H2,(H,17,18). The van der Waals surface area contributed by atoms with Crippen molar-refractivity contribution in [2.75, 3.05) is 0 Å². The Morgan fingerprint density at radius 2 is 2.00 bits per heavy atom. The van der Waals surface area contributed by atoms with E-state index in [0.717, 1.165) is 37.8 Å². The summed E-state index contributed by atoms with van der Waals surface area (Å²) in [6.45, 7) is 0.720. The minimum absolute atomic E-state index is 0.175. The molecule has 2 unspecified atom stereocenters. The zero-order valence-electron chi connectivity index (χ0n) is 10.3. The molecule has 0 bridgehead atoms. The number of aliphatic hydroxyl groups excluding tert-OH is 1. The molecule has 1 aromatic carbocycles. The van der Waals surface area contributed by atoms with Crippen LogP contribution in [0.5, 0.6) is 0 Å². The molecule has 1 aliphatic rings. The smallest absolute Gasteiger partial charge is 0.335 e. The first-order valence-corrected chi connectivity index (χ1v) is 6.39. The first-order chi connectivity index (χ1) is 8.65. The summed E-state index contributed by atoms with van der Waals surface area (Å²) in [5, 5.41) is 21.8. The van der Waals surface area contributed by atoms with Gasteiger partial charge in [0.15, 0.2) is 0 Å². The summed E-state index contributed by atoms with van der Waals surface area (Å²) in [6.07, 6.45) is 3.71. The Labute approximate surface area is 107 Å². The van der Waals surface area contributed by atoms with Crippen molar-refractivity contribution in [3.05, 3.63) is 35.4 Å². The number of hydrogen-bond acceptors (Lipinski definition) is 3. The van der Waals surface area contributed by atoms with Crippen molar-refractivity contribution in [1.82, 2.24) is 5.32 Å². The van der Waals surface area contributed by atoms with Crippen molar-refractivity contribution >= 4 is 5.97 Å². The summed E-state index contributed by atoms with van der Waals surface area (Å²) in [4.78, 5) is 10.7. The van der Waals surface area contributed by atoms with Gasteiger partial charge in [-0.15, -0.1) is 0 Å². The molecule has 98 valence electrons. The number of carbonyl (C=O) groups is 1. The van der Waals surface area contributed by atoms with E-state index in [0.29, 0.717) is 11.6 Å². The first kappa shape index (κ1) is 13.1. The number of rotatable bonds is 4. The Balaban J connectivity index is 1.84. The van der Waals surface area contributed by atoms with Crippen molar-refractivity contribution in [1.29, 1.82) is 0 Å². The monoisotopic (exact) mass is 249 g/mol. The lowest BCUT2D eigenvalue weighted by Crippen LogP contribution is -2.35. The predicted octanol–water partition coefficient (Wildman–Crippen LogP) is 1.78. The Bertz CT molecular complexity index is 402. The minimum atomic E-state index is -0.898. The normalized spacial score (nSPS) is 23.8. The van der Waals surface area contributed by atoms with E-state index in [1.807, 2.05) is 12.1 Å². The maximum Gasteiger partial charge on any atom is 0.335 e. The van der Waals surface area contributed by atoms with Gasteiger partial charge in [-0.2, -0.15) is 0 Å². The third kappa shape index (κ3) is 3.55. The van der Waals surface area contributed by atoms with Gasteiger partial charge in [0.05, 0.1) is 11.7 Å². The van der Waals surface area contributed by atoms with Gasteiger partial charge in [-0.1, -0.05) is 12.1 Å². The molecule has 0 heterocycles. The average molecular weight is 249 g/mol. The Morgan fingerprint density at radius 1 is 1.28 bits per heavy atom. The number of carboxylic acids is 1. The molecule has 2 atom stereocenters. The topological polar surface area (TPSA) is 69.6 Å². The zero-order valence-corrected chi connectivity index (χ0v) is 10.3. The number of carboxylic acid groups (broad SMARTS) is 1. The largest absolute Gasteiger partial charge is 0.478 e. The van der Waals surface area contributed by atoms with E-state index in [-0.39, 0.29) is 6.10 Å². The van der Waals surface area contributed by atoms with E-state index in [1.54, 1.807) is 12.1 Å². The van der Waals surface area contributed by atoms with Crippen LogP contribution in [0.1, 0.15) is 41.6 Å². The molecule has 2 rings (SSSR count). The van der Waals surface area contributed by atoms with Crippen molar-refractivity contribution in [3.8, 4) is 0 Å². The van der Waals surface area contributed by atoms with Gasteiger partial charge in [-0.25, -0.2) is 4.79 Å². The molecule has 3 N–H and O–H groups in total. The molecular weight excluding hydrogens is 230 g/mol.